The lowest BCUT2D eigenvalue weighted by Crippen LogP contribution is -2.13. The standard InChI is InChI=1S/C15H13BrClNO2/c1-9-4-3-5-12(17)14(9)18-15(19)10-6-7-13(20-2)11(16)8-10/h3-8H,1-2H3,(H,18,19). The number of hydrogen-bond donors (Lipinski definition) is 1. The smallest absolute Gasteiger partial charge is 0.255 e. The number of carbonyl (C=O) groups is 1. The monoisotopic (exact) mass is 353 g/mol. The SMILES string of the molecule is COc1ccc(C(=O)Nc2c(C)cccc2Cl)cc1Br. The van der Waals surface area contributed by atoms with E-state index in [2.05, 4.69) is 21.2 Å². The number of anilines is 1. The molecule has 20 heavy (non-hydrogen) atoms. The van der Waals surface area contributed by atoms with Crippen molar-refractivity contribution in [2.24, 2.45) is 0 Å². The Kier molecular flexibility index (Phi) is 4.68. The van der Waals surface area contributed by atoms with Crippen LogP contribution in [0.25, 0.3) is 0 Å². The summed E-state index contributed by atoms with van der Waals surface area (Å²) in [7, 11) is 1.58. The largest absolute Gasteiger partial charge is 0.496 e. The minimum absolute atomic E-state index is 0.218. The molecule has 0 aromatic heterocycles. The number of nitrogens with one attached hydrogen (secondary N) is 1. The fraction of sp³-hybridized carbons (Fsp3) is 0.133. The van der Waals surface area contributed by atoms with Gasteiger partial charge in [-0.3, -0.25) is 4.79 Å². The van der Waals surface area contributed by atoms with E-state index < -0.39 is 0 Å². The van der Waals surface area contributed by atoms with Crippen LogP contribution in [0, 0.1) is 6.92 Å². The summed E-state index contributed by atoms with van der Waals surface area (Å²) in [4.78, 5) is 12.2. The molecule has 2 aromatic rings. The van der Waals surface area contributed by atoms with Crippen molar-refractivity contribution >= 4 is 39.1 Å². The van der Waals surface area contributed by atoms with Crippen LogP contribution >= 0.6 is 27.5 Å². The topological polar surface area (TPSA) is 38.3 Å². The Balaban J connectivity index is 2.26. The maximum absolute atomic E-state index is 12.2. The highest BCUT2D eigenvalue weighted by Crippen LogP contribution is 2.28. The molecule has 1 N–H and O–H groups in total. The van der Waals surface area contributed by atoms with E-state index in [4.69, 9.17) is 16.3 Å². The van der Waals surface area contributed by atoms with Crippen molar-refractivity contribution in [1.82, 2.24) is 0 Å². The van der Waals surface area contributed by atoms with E-state index in [0.717, 1.165) is 10.0 Å². The summed E-state index contributed by atoms with van der Waals surface area (Å²) in [5, 5.41) is 3.35. The van der Waals surface area contributed by atoms with Gasteiger partial charge in [0, 0.05) is 5.56 Å². The molecule has 2 aromatic carbocycles. The van der Waals surface area contributed by atoms with Crippen LogP contribution in [0.1, 0.15) is 15.9 Å². The molecule has 2 rings (SSSR count). The molecule has 0 radical (unpaired) electrons. The number of carbonyl (C=O) groups excluding carboxylic acids is 1. The Morgan fingerprint density at radius 1 is 1.30 bits per heavy atom. The first kappa shape index (κ1) is 14.9. The fourth-order valence-corrected chi connectivity index (χ4v) is 2.59. The Morgan fingerprint density at radius 2 is 2.05 bits per heavy atom. The van der Waals surface area contributed by atoms with Gasteiger partial charge in [-0.2, -0.15) is 0 Å². The third-order valence-corrected chi connectivity index (χ3v) is 3.81. The van der Waals surface area contributed by atoms with Gasteiger partial charge in [0.2, 0.25) is 0 Å². The molecular formula is C15H13BrClNO2. The molecule has 104 valence electrons. The Morgan fingerprint density at radius 3 is 2.65 bits per heavy atom. The van der Waals surface area contributed by atoms with Crippen LogP contribution in [0.3, 0.4) is 0 Å². The minimum Gasteiger partial charge on any atom is -0.496 e. The molecule has 5 heteroatoms. The van der Waals surface area contributed by atoms with Crippen molar-refractivity contribution in [2.45, 2.75) is 6.92 Å². The molecule has 0 atom stereocenters. The molecule has 0 aliphatic carbocycles. The molecule has 3 nitrogen and oxygen atoms in total. The highest BCUT2D eigenvalue weighted by molar-refractivity contribution is 9.10. The summed E-state index contributed by atoms with van der Waals surface area (Å²) in [6.07, 6.45) is 0. The lowest BCUT2D eigenvalue weighted by molar-refractivity contribution is 0.102. The number of hydrogen-bond acceptors (Lipinski definition) is 2. The zero-order valence-electron chi connectivity index (χ0n) is 11.0. The van der Waals surface area contributed by atoms with Crippen LogP contribution < -0.4 is 10.1 Å². The van der Waals surface area contributed by atoms with E-state index in [0.29, 0.717) is 22.0 Å². The first-order chi connectivity index (χ1) is 9.52. The second kappa shape index (κ2) is 6.29. The van der Waals surface area contributed by atoms with Gasteiger partial charge in [0.05, 0.1) is 22.3 Å². The maximum atomic E-state index is 12.2. The molecule has 0 spiro atoms. The molecule has 1 amide bonds. The first-order valence-corrected chi connectivity index (χ1v) is 7.10. The lowest BCUT2D eigenvalue weighted by Gasteiger charge is -2.11. The third kappa shape index (κ3) is 3.14. The number of aryl methyl sites for hydroxylation is 1. The first-order valence-electron chi connectivity index (χ1n) is 5.93. The van der Waals surface area contributed by atoms with Gasteiger partial charge >= 0.3 is 0 Å². The van der Waals surface area contributed by atoms with Crippen molar-refractivity contribution in [2.75, 3.05) is 12.4 Å². The summed E-state index contributed by atoms with van der Waals surface area (Å²) in [6.45, 7) is 1.89. The minimum atomic E-state index is -0.218. The van der Waals surface area contributed by atoms with Crippen LogP contribution in [0.2, 0.25) is 5.02 Å². The van der Waals surface area contributed by atoms with Gasteiger partial charge in [0.15, 0.2) is 0 Å². The number of amides is 1. The van der Waals surface area contributed by atoms with E-state index >= 15 is 0 Å². The maximum Gasteiger partial charge on any atom is 0.255 e. The van der Waals surface area contributed by atoms with Crippen molar-refractivity contribution in [1.29, 1.82) is 0 Å². The molecule has 0 heterocycles. The zero-order valence-corrected chi connectivity index (χ0v) is 13.4. The van der Waals surface area contributed by atoms with E-state index in [-0.39, 0.29) is 5.91 Å². The molecule has 0 aliphatic heterocycles. The number of para-hydroxylation sites is 1. The Labute approximate surface area is 131 Å². The van der Waals surface area contributed by atoms with Gasteiger partial charge < -0.3 is 10.1 Å². The van der Waals surface area contributed by atoms with Crippen LogP contribution in [0.5, 0.6) is 5.75 Å². The number of benzene rings is 2. The van der Waals surface area contributed by atoms with E-state index in [9.17, 15) is 4.79 Å². The molecule has 0 saturated carbocycles. The normalized spacial score (nSPS) is 10.2. The van der Waals surface area contributed by atoms with Crippen molar-refractivity contribution in [3.8, 4) is 5.75 Å². The molecular weight excluding hydrogens is 342 g/mol. The van der Waals surface area contributed by atoms with Crippen LogP contribution in [0.4, 0.5) is 5.69 Å². The third-order valence-electron chi connectivity index (χ3n) is 2.87. The Bertz CT molecular complexity index is 638. The van der Waals surface area contributed by atoms with Crippen LogP contribution in [-0.2, 0) is 0 Å². The fourth-order valence-electron chi connectivity index (χ4n) is 1.78. The zero-order chi connectivity index (χ0) is 14.7. The number of rotatable bonds is 3. The highest BCUT2D eigenvalue weighted by atomic mass is 79.9. The predicted molar refractivity (Wildman–Crippen MR) is 84.8 cm³/mol. The number of halogens is 2. The summed E-state index contributed by atoms with van der Waals surface area (Å²) >= 11 is 9.45. The second-order valence-corrected chi connectivity index (χ2v) is 5.50. The predicted octanol–water partition coefficient (Wildman–Crippen LogP) is 4.67. The summed E-state index contributed by atoms with van der Waals surface area (Å²) in [6, 6.07) is 10.6. The van der Waals surface area contributed by atoms with Gasteiger partial charge in [0.25, 0.3) is 5.91 Å². The average Bonchev–Trinajstić information content (AvgIpc) is 2.42. The average molecular weight is 355 g/mol. The van der Waals surface area contributed by atoms with E-state index in [1.807, 2.05) is 19.1 Å². The van der Waals surface area contributed by atoms with E-state index in [1.54, 1.807) is 31.4 Å². The molecule has 0 unspecified atom stereocenters. The number of ether oxygens (including phenoxy) is 1. The van der Waals surface area contributed by atoms with Crippen molar-refractivity contribution in [3.63, 3.8) is 0 Å². The summed E-state index contributed by atoms with van der Waals surface area (Å²) in [5.74, 6) is 0.458. The van der Waals surface area contributed by atoms with Gasteiger partial charge in [-0.05, 0) is 52.7 Å². The molecule has 0 fully saturated rings. The number of methoxy groups -OCH3 is 1. The molecule has 0 saturated heterocycles. The van der Waals surface area contributed by atoms with Crippen molar-refractivity contribution < 1.29 is 9.53 Å². The van der Waals surface area contributed by atoms with Crippen LogP contribution in [0.15, 0.2) is 40.9 Å². The van der Waals surface area contributed by atoms with Gasteiger partial charge in [-0.15, -0.1) is 0 Å². The molecule has 0 bridgehead atoms. The Hall–Kier alpha value is -1.52. The summed E-state index contributed by atoms with van der Waals surface area (Å²) < 4.78 is 5.86. The van der Waals surface area contributed by atoms with Crippen molar-refractivity contribution in [3.05, 3.63) is 57.0 Å². The highest BCUT2D eigenvalue weighted by Gasteiger charge is 2.12. The van der Waals surface area contributed by atoms with Crippen LogP contribution in [-0.4, -0.2) is 13.0 Å². The van der Waals surface area contributed by atoms with Gasteiger partial charge in [-0.25, -0.2) is 0 Å². The van der Waals surface area contributed by atoms with E-state index in [1.165, 1.54) is 0 Å². The van der Waals surface area contributed by atoms with Gasteiger partial charge in [0.1, 0.15) is 5.75 Å². The quantitative estimate of drug-likeness (QED) is 0.869. The lowest BCUT2D eigenvalue weighted by atomic mass is 10.1. The van der Waals surface area contributed by atoms with Gasteiger partial charge in [-0.1, -0.05) is 23.7 Å². The second-order valence-electron chi connectivity index (χ2n) is 4.24. The summed E-state index contributed by atoms with van der Waals surface area (Å²) in [5.41, 5.74) is 2.07. The molecule has 0 aliphatic rings.